The summed E-state index contributed by atoms with van der Waals surface area (Å²) in [4.78, 5) is 22.2. The third kappa shape index (κ3) is 5.01. The predicted octanol–water partition coefficient (Wildman–Crippen LogP) is 0.525. The molecule has 0 aliphatic heterocycles. The highest BCUT2D eigenvalue weighted by Gasteiger charge is 2.03. The summed E-state index contributed by atoms with van der Waals surface area (Å²) in [5, 5.41) is 5.42. The molecule has 0 bridgehead atoms. The lowest BCUT2D eigenvalue weighted by Crippen LogP contribution is -2.28. The largest absolute Gasteiger partial charge is 0.399 e. The van der Waals surface area contributed by atoms with Crippen LogP contribution in [0.1, 0.15) is 23.7 Å². The smallest absolute Gasteiger partial charge is 0.251 e. The monoisotopic (exact) mass is 235 g/mol. The van der Waals surface area contributed by atoms with Crippen LogP contribution in [0.25, 0.3) is 0 Å². The van der Waals surface area contributed by atoms with E-state index in [2.05, 4.69) is 10.6 Å². The number of hydrogen-bond acceptors (Lipinski definition) is 3. The van der Waals surface area contributed by atoms with Crippen molar-refractivity contribution in [1.29, 1.82) is 0 Å². The van der Waals surface area contributed by atoms with E-state index in [1.807, 2.05) is 0 Å². The standard InChI is InChI=1S/C12H17N3O2/c1-9(16)14-7-2-8-15-12(17)10-3-5-11(13)6-4-10/h3-6H,2,7-8,13H2,1H3,(H,14,16)(H,15,17). The summed E-state index contributed by atoms with van der Waals surface area (Å²) < 4.78 is 0. The van der Waals surface area contributed by atoms with Gasteiger partial charge in [-0.1, -0.05) is 0 Å². The molecule has 1 rings (SSSR count). The van der Waals surface area contributed by atoms with Gasteiger partial charge in [0.25, 0.3) is 5.91 Å². The minimum Gasteiger partial charge on any atom is -0.399 e. The topological polar surface area (TPSA) is 84.2 Å². The molecule has 5 nitrogen and oxygen atoms in total. The Hall–Kier alpha value is -2.04. The van der Waals surface area contributed by atoms with E-state index < -0.39 is 0 Å². The van der Waals surface area contributed by atoms with Crippen molar-refractivity contribution in [1.82, 2.24) is 10.6 Å². The van der Waals surface area contributed by atoms with Crippen molar-refractivity contribution in [2.24, 2.45) is 0 Å². The van der Waals surface area contributed by atoms with Crippen LogP contribution >= 0.6 is 0 Å². The summed E-state index contributed by atoms with van der Waals surface area (Å²) >= 11 is 0. The first-order valence-corrected chi connectivity index (χ1v) is 5.48. The molecule has 17 heavy (non-hydrogen) atoms. The van der Waals surface area contributed by atoms with Gasteiger partial charge in [-0.05, 0) is 30.7 Å². The van der Waals surface area contributed by atoms with E-state index in [0.717, 1.165) is 0 Å². The Morgan fingerprint density at radius 2 is 1.71 bits per heavy atom. The minimum atomic E-state index is -0.132. The maximum Gasteiger partial charge on any atom is 0.251 e. The Labute approximate surface area is 100 Å². The van der Waals surface area contributed by atoms with Crippen molar-refractivity contribution in [3.05, 3.63) is 29.8 Å². The molecule has 0 radical (unpaired) electrons. The van der Waals surface area contributed by atoms with Gasteiger partial charge in [0.1, 0.15) is 0 Å². The Morgan fingerprint density at radius 3 is 2.29 bits per heavy atom. The number of carbonyl (C=O) groups excluding carboxylic acids is 2. The average Bonchev–Trinajstić information content (AvgIpc) is 2.29. The van der Waals surface area contributed by atoms with Crippen LogP contribution in [-0.4, -0.2) is 24.9 Å². The molecule has 1 aromatic rings. The Balaban J connectivity index is 2.25. The van der Waals surface area contributed by atoms with E-state index in [9.17, 15) is 9.59 Å². The molecular weight excluding hydrogens is 218 g/mol. The van der Waals surface area contributed by atoms with Crippen molar-refractivity contribution < 1.29 is 9.59 Å². The summed E-state index contributed by atoms with van der Waals surface area (Å²) in [6, 6.07) is 6.73. The van der Waals surface area contributed by atoms with E-state index in [1.165, 1.54) is 6.92 Å². The maximum absolute atomic E-state index is 11.6. The second kappa shape index (κ2) is 6.52. The van der Waals surface area contributed by atoms with Crippen LogP contribution in [-0.2, 0) is 4.79 Å². The Kier molecular flexibility index (Phi) is 5.00. The fraction of sp³-hybridized carbons (Fsp3) is 0.333. The molecule has 0 unspecified atom stereocenters. The molecule has 4 N–H and O–H groups in total. The van der Waals surface area contributed by atoms with E-state index in [0.29, 0.717) is 30.8 Å². The number of amides is 2. The minimum absolute atomic E-state index is 0.0603. The lowest BCUT2D eigenvalue weighted by Gasteiger charge is -2.05. The molecule has 0 aliphatic rings. The number of anilines is 1. The van der Waals surface area contributed by atoms with Crippen molar-refractivity contribution in [2.75, 3.05) is 18.8 Å². The van der Waals surface area contributed by atoms with Gasteiger partial charge in [-0.2, -0.15) is 0 Å². The number of benzene rings is 1. The second-order valence-corrected chi connectivity index (χ2v) is 3.71. The van der Waals surface area contributed by atoms with Crippen molar-refractivity contribution in [2.45, 2.75) is 13.3 Å². The zero-order valence-electron chi connectivity index (χ0n) is 9.82. The van der Waals surface area contributed by atoms with Crippen molar-refractivity contribution in [3.8, 4) is 0 Å². The third-order valence-corrected chi connectivity index (χ3v) is 2.19. The van der Waals surface area contributed by atoms with Gasteiger partial charge in [0.15, 0.2) is 0 Å². The van der Waals surface area contributed by atoms with Crippen LogP contribution < -0.4 is 16.4 Å². The molecule has 0 saturated carbocycles. The van der Waals surface area contributed by atoms with Crippen molar-refractivity contribution in [3.63, 3.8) is 0 Å². The number of nitrogens with one attached hydrogen (secondary N) is 2. The summed E-state index contributed by atoms with van der Waals surface area (Å²) in [5.74, 6) is -0.192. The fourth-order valence-electron chi connectivity index (χ4n) is 1.29. The molecule has 92 valence electrons. The highest BCUT2D eigenvalue weighted by Crippen LogP contribution is 2.04. The first-order chi connectivity index (χ1) is 8.09. The van der Waals surface area contributed by atoms with Crippen LogP contribution in [0.15, 0.2) is 24.3 Å². The van der Waals surface area contributed by atoms with E-state index in [-0.39, 0.29) is 11.8 Å². The fourth-order valence-corrected chi connectivity index (χ4v) is 1.29. The molecule has 1 aromatic carbocycles. The van der Waals surface area contributed by atoms with Crippen LogP contribution in [0.4, 0.5) is 5.69 Å². The average molecular weight is 235 g/mol. The summed E-state index contributed by atoms with van der Waals surface area (Å²) in [6.45, 7) is 2.56. The van der Waals surface area contributed by atoms with Crippen LogP contribution in [0.3, 0.4) is 0 Å². The van der Waals surface area contributed by atoms with Gasteiger partial charge >= 0.3 is 0 Å². The molecule has 0 aromatic heterocycles. The number of carbonyl (C=O) groups is 2. The lowest BCUT2D eigenvalue weighted by molar-refractivity contribution is -0.118. The van der Waals surface area contributed by atoms with Crippen LogP contribution in [0.5, 0.6) is 0 Å². The van der Waals surface area contributed by atoms with E-state index >= 15 is 0 Å². The number of hydrogen-bond donors (Lipinski definition) is 3. The molecular formula is C12H17N3O2. The Bertz CT molecular complexity index is 387. The maximum atomic E-state index is 11.6. The predicted molar refractivity (Wildman–Crippen MR) is 66.5 cm³/mol. The molecule has 0 atom stereocenters. The number of nitrogen functional groups attached to an aromatic ring is 1. The van der Waals surface area contributed by atoms with E-state index in [1.54, 1.807) is 24.3 Å². The van der Waals surface area contributed by atoms with Crippen LogP contribution in [0, 0.1) is 0 Å². The molecule has 0 fully saturated rings. The zero-order chi connectivity index (χ0) is 12.7. The van der Waals surface area contributed by atoms with Gasteiger partial charge in [0, 0.05) is 31.3 Å². The Morgan fingerprint density at radius 1 is 1.12 bits per heavy atom. The summed E-state index contributed by atoms with van der Waals surface area (Å²) in [6.07, 6.45) is 0.709. The highest BCUT2D eigenvalue weighted by atomic mass is 16.2. The third-order valence-electron chi connectivity index (χ3n) is 2.19. The van der Waals surface area contributed by atoms with Gasteiger partial charge in [0.05, 0.1) is 0 Å². The molecule has 0 saturated heterocycles. The first kappa shape index (κ1) is 13.0. The van der Waals surface area contributed by atoms with Crippen LogP contribution in [0.2, 0.25) is 0 Å². The lowest BCUT2D eigenvalue weighted by atomic mass is 10.2. The van der Waals surface area contributed by atoms with Gasteiger partial charge in [-0.3, -0.25) is 9.59 Å². The van der Waals surface area contributed by atoms with Gasteiger partial charge in [-0.15, -0.1) is 0 Å². The SMILES string of the molecule is CC(=O)NCCCNC(=O)c1ccc(N)cc1. The normalized spacial score (nSPS) is 9.71. The molecule has 2 amide bonds. The number of nitrogens with two attached hydrogens (primary N) is 1. The van der Waals surface area contributed by atoms with Gasteiger partial charge in [-0.25, -0.2) is 0 Å². The quantitative estimate of drug-likeness (QED) is 0.514. The molecule has 5 heteroatoms. The number of rotatable bonds is 5. The second-order valence-electron chi connectivity index (χ2n) is 3.71. The van der Waals surface area contributed by atoms with Gasteiger partial charge < -0.3 is 16.4 Å². The summed E-state index contributed by atoms with van der Waals surface area (Å²) in [5.41, 5.74) is 6.74. The first-order valence-electron chi connectivity index (χ1n) is 5.48. The highest BCUT2D eigenvalue weighted by molar-refractivity contribution is 5.94. The molecule has 0 heterocycles. The van der Waals surface area contributed by atoms with Gasteiger partial charge in [0.2, 0.25) is 5.91 Å². The van der Waals surface area contributed by atoms with Crippen molar-refractivity contribution >= 4 is 17.5 Å². The molecule has 0 aliphatic carbocycles. The molecule has 0 spiro atoms. The zero-order valence-corrected chi connectivity index (χ0v) is 9.82. The van der Waals surface area contributed by atoms with E-state index in [4.69, 9.17) is 5.73 Å². The summed E-state index contributed by atoms with van der Waals surface area (Å²) in [7, 11) is 0.